The van der Waals surface area contributed by atoms with Gasteiger partial charge >= 0.3 is 17.9 Å². The molecular formula is C70H114O6. The van der Waals surface area contributed by atoms with E-state index < -0.39 is 6.10 Å². The molecule has 0 spiro atoms. The van der Waals surface area contributed by atoms with Gasteiger partial charge in [0.15, 0.2) is 6.10 Å². The number of allylic oxidation sites excluding steroid dienone is 22. The molecule has 0 aromatic rings. The highest BCUT2D eigenvalue weighted by Gasteiger charge is 2.19. The molecule has 0 aliphatic carbocycles. The number of unbranched alkanes of at least 4 members (excludes halogenated alkanes) is 22. The van der Waals surface area contributed by atoms with Crippen molar-refractivity contribution in [3.8, 4) is 0 Å². The van der Waals surface area contributed by atoms with E-state index in [2.05, 4.69) is 154 Å². The zero-order chi connectivity index (χ0) is 55.0. The van der Waals surface area contributed by atoms with E-state index in [1.807, 2.05) is 0 Å². The second-order valence-corrected chi connectivity index (χ2v) is 20.2. The molecule has 430 valence electrons. The summed E-state index contributed by atoms with van der Waals surface area (Å²) in [5.74, 6) is -0.923. The Morgan fingerprint density at radius 1 is 0.276 bits per heavy atom. The normalized spacial score (nSPS) is 13.0. The maximum atomic E-state index is 12.9. The average molecular weight is 1050 g/mol. The van der Waals surface area contributed by atoms with E-state index in [0.29, 0.717) is 19.3 Å². The second kappa shape index (κ2) is 63.1. The largest absolute Gasteiger partial charge is 0.462 e. The lowest BCUT2D eigenvalue weighted by Gasteiger charge is -2.18. The summed E-state index contributed by atoms with van der Waals surface area (Å²) < 4.78 is 16.9. The molecule has 0 rings (SSSR count). The Kier molecular flexibility index (Phi) is 59.4. The first-order valence-electron chi connectivity index (χ1n) is 31.2. The van der Waals surface area contributed by atoms with Crippen LogP contribution in [-0.4, -0.2) is 37.2 Å². The molecule has 6 heteroatoms. The van der Waals surface area contributed by atoms with Crippen molar-refractivity contribution in [2.75, 3.05) is 13.2 Å². The highest BCUT2D eigenvalue weighted by molar-refractivity contribution is 5.71. The van der Waals surface area contributed by atoms with Crippen molar-refractivity contribution < 1.29 is 28.6 Å². The fourth-order valence-electron chi connectivity index (χ4n) is 8.25. The van der Waals surface area contributed by atoms with Gasteiger partial charge in [0.2, 0.25) is 0 Å². The van der Waals surface area contributed by atoms with E-state index in [1.165, 1.54) is 83.5 Å². The molecule has 1 unspecified atom stereocenters. The lowest BCUT2D eigenvalue weighted by Crippen LogP contribution is -2.30. The number of hydrogen-bond donors (Lipinski definition) is 0. The molecule has 0 amide bonds. The summed E-state index contributed by atoms with van der Waals surface area (Å²) in [7, 11) is 0. The van der Waals surface area contributed by atoms with Crippen molar-refractivity contribution in [2.45, 2.75) is 277 Å². The molecule has 6 nitrogen and oxygen atoms in total. The molecule has 0 saturated carbocycles. The molecule has 1 atom stereocenters. The summed E-state index contributed by atoms with van der Waals surface area (Å²) in [5.41, 5.74) is 0. The number of esters is 3. The van der Waals surface area contributed by atoms with Crippen LogP contribution < -0.4 is 0 Å². The van der Waals surface area contributed by atoms with E-state index in [0.717, 1.165) is 148 Å². The molecule has 0 aliphatic rings. The Bertz CT molecular complexity index is 1630. The zero-order valence-corrected chi connectivity index (χ0v) is 49.2. The van der Waals surface area contributed by atoms with Gasteiger partial charge in [-0.15, -0.1) is 0 Å². The first kappa shape index (κ1) is 71.5. The van der Waals surface area contributed by atoms with E-state index in [9.17, 15) is 14.4 Å². The highest BCUT2D eigenvalue weighted by Crippen LogP contribution is 2.15. The fourth-order valence-corrected chi connectivity index (χ4v) is 8.25. The topological polar surface area (TPSA) is 78.9 Å². The summed E-state index contributed by atoms with van der Waals surface area (Å²) in [4.78, 5) is 38.2. The quantitative estimate of drug-likeness (QED) is 0.0261. The molecule has 0 aromatic carbocycles. The molecule has 0 fully saturated rings. The highest BCUT2D eigenvalue weighted by atomic mass is 16.6. The summed E-state index contributed by atoms with van der Waals surface area (Å²) in [6, 6.07) is 0. The summed E-state index contributed by atoms with van der Waals surface area (Å²) in [6.07, 6.45) is 88.8. The van der Waals surface area contributed by atoms with Gasteiger partial charge in [0.05, 0.1) is 0 Å². The van der Waals surface area contributed by atoms with Gasteiger partial charge in [-0.2, -0.15) is 0 Å². The van der Waals surface area contributed by atoms with Crippen LogP contribution in [0.3, 0.4) is 0 Å². The van der Waals surface area contributed by atoms with Crippen LogP contribution in [0, 0.1) is 0 Å². The van der Waals surface area contributed by atoms with Crippen molar-refractivity contribution in [1.82, 2.24) is 0 Å². The second-order valence-electron chi connectivity index (χ2n) is 20.2. The van der Waals surface area contributed by atoms with Crippen molar-refractivity contribution in [3.05, 3.63) is 134 Å². The number of carbonyl (C=O) groups excluding carboxylic acids is 3. The standard InChI is InChI=1S/C70H114O6/c1-4-7-10-13-16-19-22-25-27-29-30-31-32-33-34-35-36-37-38-39-40-42-43-45-48-51-54-57-60-63-69(72)75-66-67(65-74-68(71)62-59-56-53-50-47-24-21-18-15-12-9-6-3)76-70(73)64-61-58-55-52-49-46-44-41-28-26-23-20-17-14-11-8-5-2/h7-8,10-11,16-21,25-28,30-31,33-34,36-37,39-40,67H,4-6,9,12-15,22-24,29,32,35,38,41-66H2,1-3H3/b10-7-,11-8-,19-16-,20-17-,21-18-,27-25-,28-26-,31-30-,34-33-,37-36-,40-39-. The first-order chi connectivity index (χ1) is 37.5. The molecule has 0 aliphatic heterocycles. The van der Waals surface area contributed by atoms with Crippen LogP contribution in [0.1, 0.15) is 271 Å². The van der Waals surface area contributed by atoms with Crippen LogP contribution in [0.4, 0.5) is 0 Å². The van der Waals surface area contributed by atoms with Crippen molar-refractivity contribution in [3.63, 3.8) is 0 Å². The number of carbonyl (C=O) groups is 3. The molecule has 0 saturated heterocycles. The van der Waals surface area contributed by atoms with Crippen molar-refractivity contribution in [1.29, 1.82) is 0 Å². The summed E-state index contributed by atoms with van der Waals surface area (Å²) in [5, 5.41) is 0. The van der Waals surface area contributed by atoms with E-state index >= 15 is 0 Å². The van der Waals surface area contributed by atoms with Crippen molar-refractivity contribution >= 4 is 17.9 Å². The summed E-state index contributed by atoms with van der Waals surface area (Å²) >= 11 is 0. The van der Waals surface area contributed by atoms with Crippen LogP contribution in [0.15, 0.2) is 134 Å². The minimum atomic E-state index is -0.796. The van der Waals surface area contributed by atoms with Crippen LogP contribution in [0.5, 0.6) is 0 Å². The van der Waals surface area contributed by atoms with Gasteiger partial charge in [-0.3, -0.25) is 14.4 Å². The molecule has 0 N–H and O–H groups in total. The maximum absolute atomic E-state index is 12.9. The van der Waals surface area contributed by atoms with Gasteiger partial charge in [0.1, 0.15) is 13.2 Å². The lowest BCUT2D eigenvalue weighted by molar-refractivity contribution is -0.167. The smallest absolute Gasteiger partial charge is 0.306 e. The predicted octanol–water partition coefficient (Wildman–Crippen LogP) is 21.4. The van der Waals surface area contributed by atoms with Gasteiger partial charge in [-0.05, 0) is 135 Å². The molecule has 0 heterocycles. The van der Waals surface area contributed by atoms with E-state index in [-0.39, 0.29) is 31.1 Å². The Morgan fingerprint density at radius 2 is 0.513 bits per heavy atom. The Morgan fingerprint density at radius 3 is 0.816 bits per heavy atom. The van der Waals surface area contributed by atoms with Crippen LogP contribution in [0.25, 0.3) is 0 Å². The van der Waals surface area contributed by atoms with Gasteiger partial charge in [-0.1, -0.05) is 251 Å². The minimum Gasteiger partial charge on any atom is -0.462 e. The summed E-state index contributed by atoms with van der Waals surface area (Å²) in [6.45, 7) is 6.37. The first-order valence-corrected chi connectivity index (χ1v) is 31.2. The van der Waals surface area contributed by atoms with Crippen LogP contribution in [-0.2, 0) is 28.6 Å². The van der Waals surface area contributed by atoms with Crippen LogP contribution >= 0.6 is 0 Å². The SMILES string of the molecule is CC/C=C\C/C=C\C/C=C\C/C=C\C/C=C\C/C=C\C/C=C\CCCCCCCCCC(=O)OCC(COC(=O)CCCCCCC/C=C\CCCCC)OC(=O)CCCCCCCCC/C=C\C/C=C\C/C=C\CC. The maximum Gasteiger partial charge on any atom is 0.306 e. The number of rotatable bonds is 55. The number of hydrogen-bond acceptors (Lipinski definition) is 6. The molecule has 76 heavy (non-hydrogen) atoms. The third-order valence-electron chi connectivity index (χ3n) is 12.9. The van der Waals surface area contributed by atoms with Gasteiger partial charge < -0.3 is 14.2 Å². The van der Waals surface area contributed by atoms with Gasteiger partial charge in [-0.25, -0.2) is 0 Å². The Labute approximate surface area is 468 Å². The molecule has 0 radical (unpaired) electrons. The lowest BCUT2D eigenvalue weighted by atomic mass is 10.1. The third-order valence-corrected chi connectivity index (χ3v) is 12.9. The number of ether oxygens (including phenoxy) is 3. The van der Waals surface area contributed by atoms with Gasteiger partial charge in [0.25, 0.3) is 0 Å². The fraction of sp³-hybridized carbons (Fsp3) is 0.643. The van der Waals surface area contributed by atoms with Crippen molar-refractivity contribution in [2.24, 2.45) is 0 Å². The third kappa shape index (κ3) is 60.4. The Hall–Kier alpha value is -4.45. The van der Waals surface area contributed by atoms with Crippen LogP contribution in [0.2, 0.25) is 0 Å². The van der Waals surface area contributed by atoms with E-state index in [1.54, 1.807) is 0 Å². The minimum absolute atomic E-state index is 0.0930. The molecule has 0 bridgehead atoms. The predicted molar refractivity (Wildman–Crippen MR) is 329 cm³/mol. The molecule has 0 aromatic heterocycles. The van der Waals surface area contributed by atoms with E-state index in [4.69, 9.17) is 14.2 Å². The molecular weight excluding hydrogens is 937 g/mol. The Balaban J connectivity index is 4.34. The average Bonchev–Trinajstić information content (AvgIpc) is 3.42. The zero-order valence-electron chi connectivity index (χ0n) is 49.2. The monoisotopic (exact) mass is 1050 g/mol. The van der Waals surface area contributed by atoms with Gasteiger partial charge in [0, 0.05) is 19.3 Å².